The molecule has 6 nitrogen and oxygen atoms in total. The number of rotatable bonds is 7. The van der Waals surface area contributed by atoms with Crippen molar-refractivity contribution >= 4 is 17.8 Å². The summed E-state index contributed by atoms with van der Waals surface area (Å²) in [6.45, 7) is 0.151. The van der Waals surface area contributed by atoms with Crippen molar-refractivity contribution in [1.29, 1.82) is 0 Å². The molecule has 0 radical (unpaired) electrons. The van der Waals surface area contributed by atoms with E-state index in [9.17, 15) is 19.5 Å². The third-order valence-corrected chi connectivity index (χ3v) is 4.06. The average Bonchev–Trinajstić information content (AvgIpc) is 2.87. The summed E-state index contributed by atoms with van der Waals surface area (Å²) < 4.78 is 5.45. The van der Waals surface area contributed by atoms with Crippen molar-refractivity contribution in [3.63, 3.8) is 0 Å². The van der Waals surface area contributed by atoms with E-state index in [-0.39, 0.29) is 19.6 Å². The molecule has 128 valence electrons. The molecule has 1 atom stereocenters. The Morgan fingerprint density at radius 3 is 2.08 bits per heavy atom. The first-order valence-corrected chi connectivity index (χ1v) is 7.91. The van der Waals surface area contributed by atoms with Crippen LogP contribution in [0.3, 0.4) is 0 Å². The second-order valence-electron chi connectivity index (χ2n) is 5.72. The molecule has 0 spiro atoms. The number of nitrogens with zero attached hydrogens (tertiary/aromatic N) is 1. The van der Waals surface area contributed by atoms with Crippen molar-refractivity contribution in [2.45, 2.75) is 19.1 Å². The number of hydrogen-bond donors (Lipinski definition) is 1. The molecular formula is C19H17NO5. The molecule has 3 rings (SSSR count). The maximum absolute atomic E-state index is 12.3. The van der Waals surface area contributed by atoms with Gasteiger partial charge in [-0.3, -0.25) is 14.5 Å². The number of fused-ring (bicyclic) bond motifs is 1. The highest BCUT2D eigenvalue weighted by Gasteiger charge is 2.35. The van der Waals surface area contributed by atoms with Gasteiger partial charge in [0, 0.05) is 13.0 Å². The van der Waals surface area contributed by atoms with E-state index in [1.54, 1.807) is 24.3 Å². The zero-order valence-electron chi connectivity index (χ0n) is 13.4. The van der Waals surface area contributed by atoms with Gasteiger partial charge in [0.1, 0.15) is 0 Å². The Balaban J connectivity index is 1.62. The molecule has 2 aromatic carbocycles. The van der Waals surface area contributed by atoms with Gasteiger partial charge in [-0.15, -0.1) is 0 Å². The van der Waals surface area contributed by atoms with Crippen LogP contribution >= 0.6 is 0 Å². The first-order chi connectivity index (χ1) is 12.1. The highest BCUT2D eigenvalue weighted by atomic mass is 16.5. The average molecular weight is 339 g/mol. The standard InChI is InChI=1S/C19H17NO5/c21-17-14-8-4-5-9-15(14)18(22)20(17)11-10-16(19(23)24)25-12-13-6-2-1-3-7-13/h1-9,16H,10-12H2,(H,23,24). The van der Waals surface area contributed by atoms with Crippen LogP contribution in [0.25, 0.3) is 0 Å². The maximum atomic E-state index is 12.3. The van der Waals surface area contributed by atoms with Gasteiger partial charge in [-0.2, -0.15) is 0 Å². The number of benzene rings is 2. The van der Waals surface area contributed by atoms with Crippen molar-refractivity contribution < 1.29 is 24.2 Å². The van der Waals surface area contributed by atoms with E-state index in [0.29, 0.717) is 11.1 Å². The molecule has 2 amide bonds. The van der Waals surface area contributed by atoms with Crippen LogP contribution in [0.15, 0.2) is 54.6 Å². The summed E-state index contributed by atoms with van der Waals surface area (Å²) in [4.78, 5) is 37.0. The van der Waals surface area contributed by atoms with Gasteiger partial charge in [0.2, 0.25) is 0 Å². The summed E-state index contributed by atoms with van der Waals surface area (Å²) in [6, 6.07) is 15.8. The van der Waals surface area contributed by atoms with Crippen LogP contribution < -0.4 is 0 Å². The van der Waals surface area contributed by atoms with E-state index in [1.165, 1.54) is 0 Å². The minimum absolute atomic E-state index is 0.00188. The predicted octanol–water partition coefficient (Wildman–Crippen LogP) is 2.34. The summed E-state index contributed by atoms with van der Waals surface area (Å²) in [6.07, 6.45) is -1.06. The molecule has 0 aromatic heterocycles. The van der Waals surface area contributed by atoms with Gasteiger partial charge in [0.05, 0.1) is 17.7 Å². The second kappa shape index (κ2) is 7.27. The third-order valence-electron chi connectivity index (χ3n) is 4.06. The third kappa shape index (κ3) is 3.59. The molecule has 25 heavy (non-hydrogen) atoms. The number of carboxylic acids is 1. The zero-order valence-corrected chi connectivity index (χ0v) is 13.4. The minimum atomic E-state index is -1.12. The fourth-order valence-corrected chi connectivity index (χ4v) is 2.74. The molecule has 1 unspecified atom stereocenters. The fourth-order valence-electron chi connectivity index (χ4n) is 2.74. The lowest BCUT2D eigenvalue weighted by Gasteiger charge is -2.18. The van der Waals surface area contributed by atoms with E-state index >= 15 is 0 Å². The number of carbonyl (C=O) groups is 3. The Kier molecular flexibility index (Phi) is 4.90. The molecule has 1 heterocycles. The first-order valence-electron chi connectivity index (χ1n) is 7.91. The van der Waals surface area contributed by atoms with E-state index in [1.807, 2.05) is 30.3 Å². The van der Waals surface area contributed by atoms with Gasteiger partial charge in [0.15, 0.2) is 6.10 Å². The Morgan fingerprint density at radius 1 is 0.960 bits per heavy atom. The van der Waals surface area contributed by atoms with Crippen molar-refractivity contribution in [3.05, 3.63) is 71.3 Å². The molecular weight excluding hydrogens is 322 g/mol. The summed E-state index contributed by atoms with van der Waals surface area (Å²) in [5.41, 5.74) is 1.56. The Bertz CT molecular complexity index is 767. The highest BCUT2D eigenvalue weighted by Crippen LogP contribution is 2.23. The van der Waals surface area contributed by atoms with Gasteiger partial charge in [-0.05, 0) is 17.7 Å². The van der Waals surface area contributed by atoms with Crippen molar-refractivity contribution in [2.24, 2.45) is 0 Å². The summed E-state index contributed by atoms with van der Waals surface area (Å²) >= 11 is 0. The number of imide groups is 1. The van der Waals surface area contributed by atoms with Gasteiger partial charge in [-0.1, -0.05) is 42.5 Å². The Morgan fingerprint density at radius 2 is 1.52 bits per heavy atom. The fraction of sp³-hybridized carbons (Fsp3) is 0.211. The highest BCUT2D eigenvalue weighted by molar-refractivity contribution is 6.21. The molecule has 0 bridgehead atoms. The van der Waals surface area contributed by atoms with Gasteiger partial charge >= 0.3 is 5.97 Å². The second-order valence-corrected chi connectivity index (χ2v) is 5.72. The monoisotopic (exact) mass is 339 g/mol. The lowest BCUT2D eigenvalue weighted by Crippen LogP contribution is -2.35. The van der Waals surface area contributed by atoms with Crippen LogP contribution in [0.5, 0.6) is 0 Å². The molecule has 1 N–H and O–H groups in total. The summed E-state index contributed by atoms with van der Waals surface area (Å²) in [5.74, 6) is -1.91. The molecule has 1 aliphatic heterocycles. The normalized spacial score (nSPS) is 14.5. The van der Waals surface area contributed by atoms with Crippen molar-refractivity contribution in [1.82, 2.24) is 4.90 Å². The summed E-state index contributed by atoms with van der Waals surface area (Å²) in [7, 11) is 0. The zero-order chi connectivity index (χ0) is 17.8. The van der Waals surface area contributed by atoms with E-state index in [0.717, 1.165) is 10.5 Å². The quantitative estimate of drug-likeness (QED) is 0.783. The van der Waals surface area contributed by atoms with E-state index in [4.69, 9.17) is 4.74 Å². The van der Waals surface area contributed by atoms with Crippen LogP contribution in [0.1, 0.15) is 32.7 Å². The molecule has 0 aliphatic carbocycles. The topological polar surface area (TPSA) is 83.9 Å². The van der Waals surface area contributed by atoms with Crippen molar-refractivity contribution in [2.75, 3.05) is 6.54 Å². The molecule has 0 saturated carbocycles. The molecule has 1 aliphatic rings. The number of carbonyl (C=O) groups excluding carboxylic acids is 2. The predicted molar refractivity (Wildman–Crippen MR) is 89.1 cm³/mol. The number of carboxylic acid groups (broad SMARTS) is 1. The lowest BCUT2D eigenvalue weighted by molar-refractivity contribution is -0.151. The lowest BCUT2D eigenvalue weighted by atomic mass is 10.1. The molecule has 0 saturated heterocycles. The first kappa shape index (κ1) is 16.9. The van der Waals surface area contributed by atoms with Crippen LogP contribution in [-0.2, 0) is 16.1 Å². The largest absolute Gasteiger partial charge is 0.479 e. The van der Waals surface area contributed by atoms with Gasteiger partial charge in [0.25, 0.3) is 11.8 Å². The number of hydrogen-bond acceptors (Lipinski definition) is 4. The van der Waals surface area contributed by atoms with Gasteiger partial charge in [-0.25, -0.2) is 4.79 Å². The number of aliphatic carboxylic acids is 1. The molecule has 0 fully saturated rings. The molecule has 6 heteroatoms. The van der Waals surface area contributed by atoms with Crippen LogP contribution in [-0.4, -0.2) is 40.4 Å². The number of ether oxygens (including phenoxy) is 1. The van der Waals surface area contributed by atoms with E-state index in [2.05, 4.69) is 0 Å². The SMILES string of the molecule is O=C(O)C(CCN1C(=O)c2ccccc2C1=O)OCc1ccccc1. The van der Waals surface area contributed by atoms with Crippen molar-refractivity contribution in [3.8, 4) is 0 Å². The Hall–Kier alpha value is -2.99. The molecule has 2 aromatic rings. The minimum Gasteiger partial charge on any atom is -0.479 e. The van der Waals surface area contributed by atoms with Gasteiger partial charge < -0.3 is 9.84 Å². The smallest absolute Gasteiger partial charge is 0.332 e. The van der Waals surface area contributed by atoms with Crippen LogP contribution in [0.2, 0.25) is 0 Å². The van der Waals surface area contributed by atoms with Crippen LogP contribution in [0, 0.1) is 0 Å². The maximum Gasteiger partial charge on any atom is 0.332 e. The summed E-state index contributed by atoms with van der Waals surface area (Å²) in [5, 5.41) is 9.32. The van der Waals surface area contributed by atoms with E-state index < -0.39 is 23.9 Å². The van der Waals surface area contributed by atoms with Crippen LogP contribution in [0.4, 0.5) is 0 Å². The Labute approximate surface area is 144 Å². The number of amides is 2.